The van der Waals surface area contributed by atoms with Gasteiger partial charge in [-0.05, 0) is 25.3 Å². The molecular formula is C13H31N. The third-order valence-electron chi connectivity index (χ3n) is 2.98. The summed E-state index contributed by atoms with van der Waals surface area (Å²) in [6.07, 6.45) is 1.48. The lowest BCUT2D eigenvalue weighted by Gasteiger charge is -2.32. The van der Waals surface area contributed by atoms with Gasteiger partial charge in [-0.15, -0.1) is 0 Å². The third kappa shape index (κ3) is 3.61. The van der Waals surface area contributed by atoms with Crippen LogP contribution in [0.15, 0.2) is 0 Å². The molecule has 3 fully saturated rings. The first kappa shape index (κ1) is 16.4. The average molecular weight is 201 g/mol. The Balaban J connectivity index is 0. The molecule has 2 bridgehead atoms. The molecule has 1 heteroatoms. The molecule has 0 amide bonds. The summed E-state index contributed by atoms with van der Waals surface area (Å²) in [6.45, 7) is 15.7. The number of fused-ring (bicyclic) bond motifs is 1. The first-order valence-corrected chi connectivity index (χ1v) is 6.49. The number of hydrogen-bond acceptors (Lipinski definition) is 1. The van der Waals surface area contributed by atoms with Crippen LogP contribution in [0.1, 0.15) is 54.9 Å². The van der Waals surface area contributed by atoms with Crippen LogP contribution in [0.4, 0.5) is 0 Å². The van der Waals surface area contributed by atoms with Gasteiger partial charge in [0.05, 0.1) is 0 Å². The minimum absolute atomic E-state index is 0.958. The topological polar surface area (TPSA) is 3.24 Å². The van der Waals surface area contributed by atoms with E-state index in [1.165, 1.54) is 13.0 Å². The summed E-state index contributed by atoms with van der Waals surface area (Å²) in [5, 5.41) is 0. The van der Waals surface area contributed by atoms with Crippen LogP contribution in [0, 0.1) is 11.8 Å². The summed E-state index contributed by atoms with van der Waals surface area (Å²) in [4.78, 5) is 2.50. The first-order valence-electron chi connectivity index (χ1n) is 6.49. The molecule has 3 atom stereocenters. The predicted molar refractivity (Wildman–Crippen MR) is 67.7 cm³/mol. The fraction of sp³-hybridized carbons (Fsp3) is 1.00. The average Bonchev–Trinajstić information content (AvgIpc) is 2.81. The monoisotopic (exact) mass is 201 g/mol. The minimum Gasteiger partial charge on any atom is -0.303 e. The molecule has 2 heterocycles. The molecule has 1 saturated carbocycles. The molecule has 0 radical (unpaired) electrons. The highest BCUT2D eigenvalue weighted by Gasteiger charge is 2.47. The molecule has 2 aliphatic heterocycles. The highest BCUT2D eigenvalue weighted by molar-refractivity contribution is 5.00. The highest BCUT2D eigenvalue weighted by Crippen LogP contribution is 2.44. The van der Waals surface area contributed by atoms with E-state index >= 15 is 0 Å². The molecule has 2 saturated heterocycles. The zero-order valence-corrected chi connectivity index (χ0v) is 11.6. The van der Waals surface area contributed by atoms with E-state index in [4.69, 9.17) is 0 Å². The lowest BCUT2D eigenvalue weighted by Crippen LogP contribution is -2.35. The second-order valence-electron chi connectivity index (χ2n) is 3.36. The van der Waals surface area contributed by atoms with Gasteiger partial charge in [-0.25, -0.2) is 0 Å². The Labute approximate surface area is 91.9 Å². The number of hydrogen-bond donors (Lipinski definition) is 0. The van der Waals surface area contributed by atoms with Crippen LogP contribution >= 0.6 is 0 Å². The molecule has 14 heavy (non-hydrogen) atoms. The lowest BCUT2D eigenvalue weighted by atomic mass is 9.75. The standard InChI is InChI=1S/C7H13N.3C2H6/c1-5-6-3-7(5)8(2)4-6;3*1-2/h5-7H,3-4H2,1-2H3;3*1-2H3. The van der Waals surface area contributed by atoms with Crippen molar-refractivity contribution in [2.75, 3.05) is 13.6 Å². The second kappa shape index (κ2) is 9.51. The lowest BCUT2D eigenvalue weighted by molar-refractivity contribution is 0.189. The van der Waals surface area contributed by atoms with Gasteiger partial charge < -0.3 is 4.90 Å². The fourth-order valence-corrected chi connectivity index (χ4v) is 2.19. The normalized spacial score (nSPS) is 32.1. The van der Waals surface area contributed by atoms with Gasteiger partial charge in [0, 0.05) is 12.6 Å². The number of rotatable bonds is 0. The van der Waals surface area contributed by atoms with E-state index in [-0.39, 0.29) is 0 Å². The predicted octanol–water partition coefficient (Wildman–Crippen LogP) is 4.04. The van der Waals surface area contributed by atoms with E-state index in [9.17, 15) is 0 Å². The van der Waals surface area contributed by atoms with E-state index in [1.807, 2.05) is 41.5 Å². The summed E-state index contributed by atoms with van der Waals surface area (Å²) in [5.41, 5.74) is 0. The van der Waals surface area contributed by atoms with Crippen molar-refractivity contribution >= 4 is 0 Å². The van der Waals surface area contributed by atoms with Crippen molar-refractivity contribution in [3.63, 3.8) is 0 Å². The van der Waals surface area contributed by atoms with Crippen molar-refractivity contribution in [3.05, 3.63) is 0 Å². The van der Waals surface area contributed by atoms with Gasteiger partial charge >= 0.3 is 0 Å². The zero-order valence-electron chi connectivity index (χ0n) is 11.6. The summed E-state index contributed by atoms with van der Waals surface area (Å²) in [5.74, 6) is 2.07. The van der Waals surface area contributed by atoms with E-state index in [0.717, 1.165) is 17.9 Å². The largest absolute Gasteiger partial charge is 0.303 e. The van der Waals surface area contributed by atoms with Crippen molar-refractivity contribution in [1.82, 2.24) is 4.90 Å². The van der Waals surface area contributed by atoms with Gasteiger partial charge in [0.25, 0.3) is 0 Å². The molecule has 0 aromatic heterocycles. The molecule has 3 aliphatic rings. The van der Waals surface area contributed by atoms with Crippen LogP contribution in [0.5, 0.6) is 0 Å². The Hall–Kier alpha value is -0.0400. The molecule has 3 rings (SSSR count). The van der Waals surface area contributed by atoms with Gasteiger partial charge in [0.15, 0.2) is 0 Å². The fourth-order valence-electron chi connectivity index (χ4n) is 2.19. The van der Waals surface area contributed by atoms with Crippen LogP contribution in [0.3, 0.4) is 0 Å². The maximum absolute atomic E-state index is 2.50. The molecule has 0 spiro atoms. The van der Waals surface area contributed by atoms with E-state index in [2.05, 4.69) is 18.9 Å². The molecule has 0 aromatic rings. The maximum atomic E-state index is 2.50. The first-order chi connectivity index (χ1) is 6.79. The smallest absolute Gasteiger partial charge is 0.0124 e. The molecule has 88 valence electrons. The minimum atomic E-state index is 0.958. The van der Waals surface area contributed by atoms with Crippen LogP contribution in [-0.4, -0.2) is 24.5 Å². The van der Waals surface area contributed by atoms with E-state index in [1.54, 1.807) is 0 Å². The van der Waals surface area contributed by atoms with Gasteiger partial charge in [-0.1, -0.05) is 48.5 Å². The van der Waals surface area contributed by atoms with Crippen LogP contribution < -0.4 is 0 Å². The molecule has 3 unspecified atom stereocenters. The Morgan fingerprint density at radius 1 is 0.929 bits per heavy atom. The summed E-state index contributed by atoms with van der Waals surface area (Å²) < 4.78 is 0. The van der Waals surface area contributed by atoms with Gasteiger partial charge in [-0.3, -0.25) is 0 Å². The van der Waals surface area contributed by atoms with Gasteiger partial charge in [-0.2, -0.15) is 0 Å². The second-order valence-corrected chi connectivity index (χ2v) is 3.36. The molecule has 0 aromatic carbocycles. The Bertz CT molecular complexity index is 108. The van der Waals surface area contributed by atoms with Crippen LogP contribution in [0.25, 0.3) is 0 Å². The van der Waals surface area contributed by atoms with Crippen LogP contribution in [-0.2, 0) is 0 Å². The molecular weight excluding hydrogens is 170 g/mol. The summed E-state index contributed by atoms with van der Waals surface area (Å²) in [6, 6.07) is 0.958. The molecule has 1 nitrogen and oxygen atoms in total. The zero-order chi connectivity index (χ0) is 11.7. The highest BCUT2D eigenvalue weighted by atomic mass is 15.2. The van der Waals surface area contributed by atoms with E-state index in [0.29, 0.717) is 0 Å². The van der Waals surface area contributed by atoms with Crippen molar-refractivity contribution in [2.24, 2.45) is 11.8 Å². The van der Waals surface area contributed by atoms with Crippen molar-refractivity contribution in [3.8, 4) is 0 Å². The maximum Gasteiger partial charge on any atom is 0.0124 e. The van der Waals surface area contributed by atoms with Gasteiger partial charge in [0.1, 0.15) is 0 Å². The third-order valence-corrected chi connectivity index (χ3v) is 2.98. The summed E-state index contributed by atoms with van der Waals surface area (Å²) in [7, 11) is 2.24. The Morgan fingerprint density at radius 3 is 1.43 bits per heavy atom. The quantitative estimate of drug-likeness (QED) is 0.572. The Kier molecular flexibility index (Phi) is 11.1. The SMILES string of the molecule is CC.CC.CC.CC1C2CC1N(C)C2. The van der Waals surface area contributed by atoms with Crippen LogP contribution in [0.2, 0.25) is 0 Å². The van der Waals surface area contributed by atoms with Crippen molar-refractivity contribution in [1.29, 1.82) is 0 Å². The van der Waals surface area contributed by atoms with Crippen molar-refractivity contribution < 1.29 is 0 Å². The number of nitrogens with zero attached hydrogens (tertiary/aromatic N) is 1. The van der Waals surface area contributed by atoms with E-state index < -0.39 is 0 Å². The van der Waals surface area contributed by atoms with Crippen molar-refractivity contribution in [2.45, 2.75) is 60.9 Å². The summed E-state index contributed by atoms with van der Waals surface area (Å²) >= 11 is 0. The molecule has 1 aliphatic carbocycles. The van der Waals surface area contributed by atoms with Gasteiger partial charge in [0.2, 0.25) is 0 Å². The molecule has 0 N–H and O–H groups in total. The Morgan fingerprint density at radius 2 is 1.36 bits per heavy atom.